The zero-order valence-electron chi connectivity index (χ0n) is 26.1. The van der Waals surface area contributed by atoms with Gasteiger partial charge in [-0.2, -0.15) is 4.39 Å². The Hall–Kier alpha value is -4.72. The fraction of sp³-hybridized carbons (Fsp3) is 0.297. The third-order valence-electron chi connectivity index (χ3n) is 7.84. The Kier molecular flexibility index (Phi) is 11.3. The smallest absolute Gasteiger partial charge is 0.207 e. The Morgan fingerprint density at radius 1 is 1.11 bits per heavy atom. The number of ether oxygens (including phenoxy) is 1. The molecule has 234 valence electrons. The van der Waals surface area contributed by atoms with Gasteiger partial charge in [-0.1, -0.05) is 38.2 Å². The first-order valence-electron chi connectivity index (χ1n) is 15.3. The lowest BCUT2D eigenvalue weighted by molar-refractivity contribution is 0.105. The quantitative estimate of drug-likeness (QED) is 0.0811. The molecule has 0 aromatic heterocycles. The molecule has 0 amide bonds. The van der Waals surface area contributed by atoms with Crippen molar-refractivity contribution in [3.05, 3.63) is 113 Å². The van der Waals surface area contributed by atoms with Crippen LogP contribution in [-0.2, 0) is 6.42 Å². The number of unbranched alkanes of at least 4 members (excludes halogenated alkanes) is 1. The molecule has 1 aliphatic carbocycles. The molecule has 45 heavy (non-hydrogen) atoms. The predicted molar refractivity (Wildman–Crippen MR) is 180 cm³/mol. The number of fused-ring (bicyclic) bond motifs is 1. The molecule has 2 aliphatic rings. The molecule has 6 nitrogen and oxygen atoms in total. The number of anilines is 1. The summed E-state index contributed by atoms with van der Waals surface area (Å²) in [6, 6.07) is 8.41. The zero-order chi connectivity index (χ0) is 32.5. The van der Waals surface area contributed by atoms with E-state index in [-0.39, 0.29) is 35.3 Å². The summed E-state index contributed by atoms with van der Waals surface area (Å²) in [6.45, 7) is 9.45. The van der Waals surface area contributed by atoms with E-state index in [2.05, 4.69) is 16.9 Å². The van der Waals surface area contributed by atoms with Crippen molar-refractivity contribution in [2.45, 2.75) is 59.3 Å². The molecular formula is C37H40F2N4O2. The van der Waals surface area contributed by atoms with Crippen LogP contribution in [0.4, 0.5) is 14.5 Å². The average Bonchev–Trinajstić information content (AvgIpc) is 3.24. The van der Waals surface area contributed by atoms with E-state index >= 15 is 0 Å². The Labute approximate surface area is 264 Å². The van der Waals surface area contributed by atoms with Crippen molar-refractivity contribution in [3.63, 3.8) is 0 Å². The minimum absolute atomic E-state index is 0.00766. The third-order valence-corrected chi connectivity index (χ3v) is 7.84. The van der Waals surface area contributed by atoms with E-state index in [9.17, 15) is 13.6 Å². The van der Waals surface area contributed by atoms with Crippen LogP contribution >= 0.6 is 0 Å². The second-order valence-electron chi connectivity index (χ2n) is 11.1. The van der Waals surface area contributed by atoms with E-state index < -0.39 is 11.6 Å². The molecule has 3 N–H and O–H groups in total. The van der Waals surface area contributed by atoms with Crippen molar-refractivity contribution in [2.75, 3.05) is 11.9 Å². The number of Topliss-reactive ketones (excluding diaryl/α,β-unsaturated/α-hetero) is 1. The molecule has 1 aliphatic heterocycles. The first kappa shape index (κ1) is 33.2. The van der Waals surface area contributed by atoms with Crippen molar-refractivity contribution in [1.82, 2.24) is 0 Å². The van der Waals surface area contributed by atoms with Gasteiger partial charge in [0.05, 0.1) is 23.7 Å². The van der Waals surface area contributed by atoms with Crippen LogP contribution in [0.15, 0.2) is 89.8 Å². The van der Waals surface area contributed by atoms with Crippen LogP contribution in [-0.4, -0.2) is 29.5 Å². The summed E-state index contributed by atoms with van der Waals surface area (Å²) < 4.78 is 34.7. The molecule has 0 saturated heterocycles. The van der Waals surface area contributed by atoms with Crippen molar-refractivity contribution in [2.24, 2.45) is 10.9 Å². The van der Waals surface area contributed by atoms with E-state index in [0.717, 1.165) is 35.4 Å². The highest BCUT2D eigenvalue weighted by atomic mass is 19.2. The summed E-state index contributed by atoms with van der Waals surface area (Å²) in [7, 11) is 0. The number of nitrogens with one attached hydrogen (secondary N) is 3. The number of carbonyl (C=O) groups is 1. The lowest BCUT2D eigenvalue weighted by Crippen LogP contribution is -2.24. The van der Waals surface area contributed by atoms with Gasteiger partial charge in [0, 0.05) is 41.1 Å². The van der Waals surface area contributed by atoms with Crippen LogP contribution in [0, 0.1) is 28.4 Å². The number of carbonyl (C=O) groups excluding carboxylic acids is 1. The zero-order valence-corrected chi connectivity index (χ0v) is 26.1. The summed E-state index contributed by atoms with van der Waals surface area (Å²) >= 11 is 0. The van der Waals surface area contributed by atoms with Crippen molar-refractivity contribution in [3.8, 4) is 5.75 Å². The maximum atomic E-state index is 15.0. The Morgan fingerprint density at radius 3 is 2.62 bits per heavy atom. The largest absolute Gasteiger partial charge is 0.491 e. The van der Waals surface area contributed by atoms with E-state index in [4.69, 9.17) is 15.6 Å². The van der Waals surface area contributed by atoms with Crippen molar-refractivity contribution in [1.29, 1.82) is 10.8 Å². The van der Waals surface area contributed by atoms with Gasteiger partial charge in [0.25, 0.3) is 0 Å². The van der Waals surface area contributed by atoms with Crippen LogP contribution in [0.1, 0.15) is 74.4 Å². The molecule has 4 rings (SSSR count). The maximum absolute atomic E-state index is 15.0. The van der Waals surface area contributed by atoms with E-state index in [1.54, 1.807) is 19.2 Å². The average molecular weight is 611 g/mol. The molecule has 2 aromatic rings. The maximum Gasteiger partial charge on any atom is 0.207 e. The van der Waals surface area contributed by atoms with Gasteiger partial charge >= 0.3 is 0 Å². The molecule has 1 atom stereocenters. The van der Waals surface area contributed by atoms with E-state index in [1.165, 1.54) is 12.1 Å². The summed E-state index contributed by atoms with van der Waals surface area (Å²) in [5, 5.41) is 20.2. The first-order chi connectivity index (χ1) is 21.7. The minimum atomic E-state index is -1.01. The molecule has 2 aromatic carbocycles. The number of hydrogen-bond acceptors (Lipinski definition) is 6. The topological polar surface area (TPSA) is 98.4 Å². The fourth-order valence-corrected chi connectivity index (χ4v) is 5.40. The highest BCUT2D eigenvalue weighted by Crippen LogP contribution is 2.35. The molecule has 0 unspecified atom stereocenters. The third kappa shape index (κ3) is 7.87. The van der Waals surface area contributed by atoms with Gasteiger partial charge in [0.2, 0.25) is 11.6 Å². The SMILES string of the molecule is C=CCCCC(=N)C[C@H](C)C(=N)C(=O)c1ccc(NC2=CC=CC=C3CC(c4ccc(OCC)c(F)c4F)=CN=C32)cc1CC. The standard InChI is InChI=1S/C37H40F2N4O2/c1-5-8-9-13-27(40)19-23(4)35(41)37(44)30-16-15-28(21-24(30)6-2)43-31-14-11-10-12-25-20-26(22-42-36(25)31)29-17-18-32(45-7-3)34(39)33(29)38/h5,10-12,14-18,21-23,40-41,43H,1,6-9,13,19-20H2,2-4H3/t23-/m0/s1. The normalized spacial score (nSPS) is 14.6. The van der Waals surface area contributed by atoms with Crippen LogP contribution in [0.25, 0.3) is 5.57 Å². The van der Waals surface area contributed by atoms with Crippen LogP contribution in [0.2, 0.25) is 0 Å². The number of allylic oxidation sites excluding steroid dienone is 7. The molecule has 0 radical (unpaired) electrons. The molecule has 0 fully saturated rings. The molecule has 0 spiro atoms. The van der Waals surface area contributed by atoms with E-state index in [1.807, 2.05) is 56.4 Å². The number of nitrogens with zero attached hydrogens (tertiary/aromatic N) is 1. The number of aliphatic imine (C=N–C) groups is 1. The summed E-state index contributed by atoms with van der Waals surface area (Å²) in [4.78, 5) is 18.0. The highest BCUT2D eigenvalue weighted by Gasteiger charge is 2.25. The van der Waals surface area contributed by atoms with Gasteiger partial charge in [-0.25, -0.2) is 4.39 Å². The number of ketones is 1. The van der Waals surface area contributed by atoms with Gasteiger partial charge < -0.3 is 20.9 Å². The summed E-state index contributed by atoms with van der Waals surface area (Å²) in [6.07, 6.45) is 14.6. The second-order valence-corrected chi connectivity index (χ2v) is 11.1. The van der Waals surface area contributed by atoms with Crippen LogP contribution in [0.3, 0.4) is 0 Å². The number of benzene rings is 2. The Bertz CT molecular complexity index is 1660. The van der Waals surface area contributed by atoms with E-state index in [0.29, 0.717) is 48.2 Å². The molecule has 1 heterocycles. The van der Waals surface area contributed by atoms with Crippen molar-refractivity contribution >= 4 is 34.2 Å². The van der Waals surface area contributed by atoms with Crippen LogP contribution < -0.4 is 10.1 Å². The summed E-state index contributed by atoms with van der Waals surface area (Å²) in [5.74, 6) is -2.76. The molecule has 8 heteroatoms. The number of aryl methyl sites for hydroxylation is 1. The number of rotatable bonds is 15. The molecule has 0 bridgehead atoms. The lowest BCUT2D eigenvalue weighted by atomic mass is 9.89. The van der Waals surface area contributed by atoms with Gasteiger partial charge in [0.1, 0.15) is 0 Å². The molecular weight excluding hydrogens is 570 g/mol. The van der Waals surface area contributed by atoms with Crippen LogP contribution in [0.5, 0.6) is 5.75 Å². The molecule has 0 saturated carbocycles. The second kappa shape index (κ2) is 15.3. The predicted octanol–water partition coefficient (Wildman–Crippen LogP) is 9.21. The van der Waals surface area contributed by atoms with Gasteiger partial charge in [-0.3, -0.25) is 9.79 Å². The fourth-order valence-electron chi connectivity index (χ4n) is 5.40. The number of hydrogen-bond donors (Lipinski definition) is 3. The summed E-state index contributed by atoms with van der Waals surface area (Å²) in [5.41, 5.74) is 5.54. The Balaban J connectivity index is 1.52. The van der Waals surface area contributed by atoms with Crippen molar-refractivity contribution < 1.29 is 18.3 Å². The lowest BCUT2D eigenvalue weighted by Gasteiger charge is -2.21. The highest BCUT2D eigenvalue weighted by molar-refractivity contribution is 6.46. The Morgan fingerprint density at radius 2 is 1.89 bits per heavy atom. The monoisotopic (exact) mass is 610 g/mol. The van der Waals surface area contributed by atoms with Gasteiger partial charge in [-0.15, -0.1) is 6.58 Å². The minimum Gasteiger partial charge on any atom is -0.491 e. The first-order valence-corrected chi connectivity index (χ1v) is 15.3. The number of halogens is 2. The van der Waals surface area contributed by atoms with Gasteiger partial charge in [0.15, 0.2) is 11.6 Å². The van der Waals surface area contributed by atoms with Gasteiger partial charge in [-0.05, 0) is 92.1 Å².